The van der Waals surface area contributed by atoms with Crippen LogP contribution >= 0.6 is 0 Å². The predicted molar refractivity (Wildman–Crippen MR) is 63.0 cm³/mol. The largest absolute Gasteiger partial charge is 0.389 e. The molecule has 0 amide bonds. The van der Waals surface area contributed by atoms with E-state index in [1.165, 1.54) is 0 Å². The molecule has 2 rings (SSSR count). The van der Waals surface area contributed by atoms with Crippen molar-refractivity contribution in [3.8, 4) is 0 Å². The van der Waals surface area contributed by atoms with Crippen LogP contribution in [-0.2, 0) is 9.84 Å². The lowest BCUT2D eigenvalue weighted by Gasteiger charge is -2.23. The van der Waals surface area contributed by atoms with E-state index in [0.717, 1.165) is 38.6 Å². The fraction of sp³-hybridized carbons (Fsp3) is 1.00. The first-order valence-corrected chi connectivity index (χ1v) is 7.95. The number of rotatable bonds is 4. The van der Waals surface area contributed by atoms with Gasteiger partial charge in [-0.05, 0) is 31.7 Å². The number of aliphatic hydroxyl groups is 1. The molecule has 2 N–H and O–H groups in total. The van der Waals surface area contributed by atoms with Gasteiger partial charge in [0.15, 0.2) is 9.84 Å². The van der Waals surface area contributed by atoms with Gasteiger partial charge in [-0.3, -0.25) is 0 Å². The maximum Gasteiger partial charge on any atom is 0.150 e. The summed E-state index contributed by atoms with van der Waals surface area (Å²) in [4.78, 5) is 0. The highest BCUT2D eigenvalue weighted by molar-refractivity contribution is 7.91. The normalized spacial score (nSPS) is 31.9. The van der Waals surface area contributed by atoms with Crippen molar-refractivity contribution < 1.29 is 13.5 Å². The molecule has 0 spiro atoms. The van der Waals surface area contributed by atoms with Crippen molar-refractivity contribution in [2.45, 2.75) is 37.7 Å². The van der Waals surface area contributed by atoms with Gasteiger partial charge in [-0.25, -0.2) is 8.42 Å². The average Bonchev–Trinajstić information content (AvgIpc) is 2.74. The molecule has 2 fully saturated rings. The fourth-order valence-electron chi connectivity index (χ4n) is 2.75. The lowest BCUT2D eigenvalue weighted by Crippen LogP contribution is -2.40. The number of nitrogens with one attached hydrogen (secondary N) is 1. The van der Waals surface area contributed by atoms with Gasteiger partial charge in [0.25, 0.3) is 0 Å². The molecule has 0 bridgehead atoms. The van der Waals surface area contributed by atoms with Gasteiger partial charge in [-0.1, -0.05) is 12.8 Å². The number of hydrogen-bond acceptors (Lipinski definition) is 4. The molecule has 1 saturated carbocycles. The average molecular weight is 247 g/mol. The number of hydrogen-bond donors (Lipinski definition) is 2. The smallest absolute Gasteiger partial charge is 0.150 e. The van der Waals surface area contributed by atoms with Crippen LogP contribution in [-0.4, -0.2) is 43.7 Å². The predicted octanol–water partition coefficient (Wildman–Crippen LogP) is 0.316. The van der Waals surface area contributed by atoms with E-state index >= 15 is 0 Å². The van der Waals surface area contributed by atoms with Crippen molar-refractivity contribution in [2.24, 2.45) is 5.92 Å². The summed E-state index contributed by atoms with van der Waals surface area (Å²) in [5.41, 5.74) is -0.530. The lowest BCUT2D eigenvalue weighted by molar-refractivity contribution is 0.0471. The lowest BCUT2D eigenvalue weighted by atomic mass is 10.0. The molecule has 1 atom stereocenters. The molecule has 4 nitrogen and oxygen atoms in total. The van der Waals surface area contributed by atoms with Crippen molar-refractivity contribution in [1.82, 2.24) is 5.32 Å². The Kier molecular flexibility index (Phi) is 3.56. The van der Waals surface area contributed by atoms with E-state index in [4.69, 9.17) is 0 Å². The monoisotopic (exact) mass is 247 g/mol. The Morgan fingerprint density at radius 2 is 2.00 bits per heavy atom. The van der Waals surface area contributed by atoms with Crippen LogP contribution in [0.25, 0.3) is 0 Å². The van der Waals surface area contributed by atoms with E-state index in [-0.39, 0.29) is 5.92 Å². The molecular weight excluding hydrogens is 226 g/mol. The molecule has 1 aliphatic heterocycles. The summed E-state index contributed by atoms with van der Waals surface area (Å²) in [7, 11) is -2.76. The minimum absolute atomic E-state index is 0.245. The third-order valence-electron chi connectivity index (χ3n) is 3.75. The third kappa shape index (κ3) is 3.18. The van der Waals surface area contributed by atoms with Crippen LogP contribution in [0.1, 0.15) is 32.1 Å². The molecule has 1 unspecified atom stereocenters. The van der Waals surface area contributed by atoms with E-state index in [1.807, 2.05) is 0 Å². The minimum atomic E-state index is -2.76. The van der Waals surface area contributed by atoms with Crippen LogP contribution in [0, 0.1) is 5.92 Å². The highest BCUT2D eigenvalue weighted by Crippen LogP contribution is 2.28. The molecule has 5 heteroatoms. The molecule has 16 heavy (non-hydrogen) atoms. The van der Waals surface area contributed by atoms with Crippen LogP contribution in [0.15, 0.2) is 0 Å². The summed E-state index contributed by atoms with van der Waals surface area (Å²) in [6.45, 7) is 1.34. The van der Waals surface area contributed by atoms with Gasteiger partial charge in [0.05, 0.1) is 17.1 Å². The number of sulfone groups is 1. The Balaban J connectivity index is 1.69. The molecule has 0 aromatic rings. The molecule has 1 heterocycles. The van der Waals surface area contributed by atoms with Crippen molar-refractivity contribution in [1.29, 1.82) is 0 Å². The third-order valence-corrected chi connectivity index (χ3v) is 5.59. The second-order valence-corrected chi connectivity index (χ2v) is 7.56. The topological polar surface area (TPSA) is 66.4 Å². The van der Waals surface area contributed by atoms with Crippen LogP contribution in [0.3, 0.4) is 0 Å². The highest BCUT2D eigenvalue weighted by Gasteiger charge is 2.32. The Labute approximate surface area is 97.3 Å². The Morgan fingerprint density at radius 1 is 1.31 bits per heavy atom. The zero-order valence-electron chi connectivity index (χ0n) is 9.61. The van der Waals surface area contributed by atoms with E-state index in [1.54, 1.807) is 0 Å². The second kappa shape index (κ2) is 4.63. The van der Waals surface area contributed by atoms with Crippen LogP contribution in [0.5, 0.6) is 0 Å². The molecule has 2 aliphatic rings. The Morgan fingerprint density at radius 3 is 2.56 bits per heavy atom. The summed E-state index contributed by atoms with van der Waals surface area (Å²) >= 11 is 0. The summed E-state index contributed by atoms with van der Waals surface area (Å²) in [5.74, 6) is 0.900. The maximum atomic E-state index is 11.2. The van der Waals surface area contributed by atoms with Gasteiger partial charge in [-0.2, -0.15) is 0 Å². The SMILES string of the molecule is O=S1(=O)CCC(CNCC2(O)CCCC2)C1. The summed E-state index contributed by atoms with van der Waals surface area (Å²) in [6, 6.07) is 0. The van der Waals surface area contributed by atoms with Crippen LogP contribution in [0.2, 0.25) is 0 Å². The standard InChI is InChI=1S/C11H21NO3S/c13-11(4-1-2-5-11)9-12-7-10-3-6-16(14,15)8-10/h10,12-13H,1-9H2. The van der Waals surface area contributed by atoms with Crippen LogP contribution in [0.4, 0.5) is 0 Å². The first-order chi connectivity index (χ1) is 7.49. The second-order valence-electron chi connectivity index (χ2n) is 5.33. The van der Waals surface area contributed by atoms with Crippen molar-refractivity contribution in [3.63, 3.8) is 0 Å². The molecule has 0 aromatic heterocycles. The molecule has 94 valence electrons. The van der Waals surface area contributed by atoms with Gasteiger partial charge in [0.1, 0.15) is 0 Å². The van der Waals surface area contributed by atoms with Gasteiger partial charge in [0.2, 0.25) is 0 Å². The van der Waals surface area contributed by atoms with Crippen molar-refractivity contribution >= 4 is 9.84 Å². The first kappa shape index (κ1) is 12.3. The zero-order chi connectivity index (χ0) is 11.6. The molecular formula is C11H21NO3S. The molecule has 1 saturated heterocycles. The van der Waals surface area contributed by atoms with E-state index in [0.29, 0.717) is 18.1 Å². The zero-order valence-corrected chi connectivity index (χ0v) is 10.4. The minimum Gasteiger partial charge on any atom is -0.389 e. The van der Waals surface area contributed by atoms with Crippen molar-refractivity contribution in [3.05, 3.63) is 0 Å². The van der Waals surface area contributed by atoms with E-state index in [9.17, 15) is 13.5 Å². The summed E-state index contributed by atoms with van der Waals surface area (Å²) in [6.07, 6.45) is 4.74. The van der Waals surface area contributed by atoms with Gasteiger partial charge in [-0.15, -0.1) is 0 Å². The van der Waals surface area contributed by atoms with Gasteiger partial charge >= 0.3 is 0 Å². The summed E-state index contributed by atoms with van der Waals surface area (Å²) < 4.78 is 22.5. The van der Waals surface area contributed by atoms with Crippen molar-refractivity contribution in [2.75, 3.05) is 24.6 Å². The molecule has 1 aliphatic carbocycles. The highest BCUT2D eigenvalue weighted by atomic mass is 32.2. The molecule has 0 radical (unpaired) electrons. The van der Waals surface area contributed by atoms with E-state index < -0.39 is 15.4 Å². The van der Waals surface area contributed by atoms with Gasteiger partial charge < -0.3 is 10.4 Å². The fourth-order valence-corrected chi connectivity index (χ4v) is 4.61. The molecule has 0 aromatic carbocycles. The maximum absolute atomic E-state index is 11.2. The quantitative estimate of drug-likeness (QED) is 0.750. The van der Waals surface area contributed by atoms with Gasteiger partial charge in [0, 0.05) is 6.54 Å². The summed E-state index contributed by atoms with van der Waals surface area (Å²) in [5, 5.41) is 13.3. The Bertz CT molecular complexity index is 333. The Hall–Kier alpha value is -0.130. The van der Waals surface area contributed by atoms with E-state index in [2.05, 4.69) is 5.32 Å². The van der Waals surface area contributed by atoms with Crippen LogP contribution < -0.4 is 5.32 Å². The first-order valence-electron chi connectivity index (χ1n) is 6.13.